The molecule has 0 radical (unpaired) electrons. The first-order valence-corrected chi connectivity index (χ1v) is 8.74. The molecule has 0 saturated carbocycles. The van der Waals surface area contributed by atoms with E-state index in [1.54, 1.807) is 13.1 Å². The van der Waals surface area contributed by atoms with Crippen LogP contribution in [0.15, 0.2) is 18.3 Å². The number of halogens is 1. The van der Waals surface area contributed by atoms with Crippen LogP contribution in [-0.2, 0) is 4.79 Å². The van der Waals surface area contributed by atoms with Gasteiger partial charge in [0.25, 0.3) is 0 Å². The minimum absolute atomic E-state index is 0.126. The lowest BCUT2D eigenvalue weighted by Gasteiger charge is -2.43. The maximum Gasteiger partial charge on any atom is 0.219 e. The van der Waals surface area contributed by atoms with Gasteiger partial charge in [-0.1, -0.05) is 25.4 Å². The Labute approximate surface area is 147 Å². The molecule has 24 heavy (non-hydrogen) atoms. The quantitative estimate of drug-likeness (QED) is 0.890. The molecule has 130 valence electrons. The van der Waals surface area contributed by atoms with Gasteiger partial charge in [-0.2, -0.15) is 5.10 Å². The predicted octanol–water partition coefficient (Wildman–Crippen LogP) is 3.53. The molecule has 6 heteroatoms. The number of aliphatic hydroxyl groups excluding tert-OH is 1. The Bertz CT molecular complexity index is 748. The Morgan fingerprint density at radius 2 is 2.08 bits per heavy atom. The number of hydrogen-bond donors (Lipinski definition) is 2. The maximum atomic E-state index is 11.5. The third-order valence-electron chi connectivity index (χ3n) is 5.54. The van der Waals surface area contributed by atoms with Crippen molar-refractivity contribution < 1.29 is 9.90 Å². The zero-order valence-electron chi connectivity index (χ0n) is 14.3. The van der Waals surface area contributed by atoms with Crippen molar-refractivity contribution in [3.05, 3.63) is 28.9 Å². The molecule has 2 heterocycles. The largest absolute Gasteiger partial charge is 0.388 e. The van der Waals surface area contributed by atoms with Crippen LogP contribution in [0.1, 0.15) is 45.3 Å². The van der Waals surface area contributed by atoms with E-state index < -0.39 is 6.10 Å². The van der Waals surface area contributed by atoms with Gasteiger partial charge in [0.1, 0.15) is 0 Å². The Balaban J connectivity index is 1.86. The molecule has 3 rings (SSSR count). The summed E-state index contributed by atoms with van der Waals surface area (Å²) in [5, 5.41) is 19.7. The number of likely N-dealkylation sites (tertiary alicyclic amines) is 1. The van der Waals surface area contributed by atoms with Gasteiger partial charge in [-0.25, -0.2) is 0 Å². The number of carbonyl (C=O) groups excluding carboxylic acids is 1. The van der Waals surface area contributed by atoms with E-state index in [0.717, 1.165) is 42.4 Å². The topological polar surface area (TPSA) is 69.2 Å². The van der Waals surface area contributed by atoms with E-state index in [1.807, 2.05) is 17.0 Å². The van der Waals surface area contributed by atoms with Crippen LogP contribution >= 0.6 is 11.6 Å². The number of amides is 1. The van der Waals surface area contributed by atoms with Crippen molar-refractivity contribution in [3.8, 4) is 0 Å². The molecular weight excluding hydrogens is 326 g/mol. The fourth-order valence-electron chi connectivity index (χ4n) is 3.83. The van der Waals surface area contributed by atoms with Gasteiger partial charge in [0, 0.05) is 36.0 Å². The smallest absolute Gasteiger partial charge is 0.219 e. The van der Waals surface area contributed by atoms with Crippen LogP contribution in [0.3, 0.4) is 0 Å². The van der Waals surface area contributed by atoms with Gasteiger partial charge in [0.05, 0.1) is 17.8 Å². The number of hydrogen-bond acceptors (Lipinski definition) is 3. The van der Waals surface area contributed by atoms with Crippen molar-refractivity contribution >= 4 is 28.4 Å². The van der Waals surface area contributed by atoms with Crippen molar-refractivity contribution in [3.63, 3.8) is 0 Å². The van der Waals surface area contributed by atoms with E-state index in [0.29, 0.717) is 10.9 Å². The van der Waals surface area contributed by atoms with Gasteiger partial charge in [-0.15, -0.1) is 0 Å². The number of carbonyl (C=O) groups is 1. The minimum Gasteiger partial charge on any atom is -0.388 e. The lowest BCUT2D eigenvalue weighted by atomic mass is 9.68. The average Bonchev–Trinajstić information content (AvgIpc) is 3.01. The summed E-state index contributed by atoms with van der Waals surface area (Å²) < 4.78 is 0. The van der Waals surface area contributed by atoms with Crippen LogP contribution in [0, 0.1) is 11.3 Å². The molecule has 1 fully saturated rings. The fraction of sp³-hybridized carbons (Fsp3) is 0.556. The molecule has 2 aromatic rings. The second kappa shape index (κ2) is 6.37. The predicted molar refractivity (Wildman–Crippen MR) is 94.8 cm³/mol. The second-order valence-electron chi connectivity index (χ2n) is 7.33. The standard InChI is InChI=1S/C18H24ClN3O2/c1-11(23)22-6-4-13(5-7-22)18(2,3)17(24)15-9-14(19)8-12-10-20-21-16(12)15/h8-10,13,17,24H,4-7H2,1-3H3,(H,20,21)/t17-/m0/s1. The molecule has 1 aromatic carbocycles. The van der Waals surface area contributed by atoms with Gasteiger partial charge in [-0.05, 0) is 36.3 Å². The summed E-state index contributed by atoms with van der Waals surface area (Å²) in [7, 11) is 0. The van der Waals surface area contributed by atoms with E-state index in [4.69, 9.17) is 11.6 Å². The van der Waals surface area contributed by atoms with E-state index >= 15 is 0 Å². The van der Waals surface area contributed by atoms with Crippen molar-refractivity contribution in [2.45, 2.75) is 39.7 Å². The van der Waals surface area contributed by atoms with Crippen molar-refractivity contribution in [1.29, 1.82) is 0 Å². The lowest BCUT2D eigenvalue weighted by molar-refractivity contribution is -0.131. The van der Waals surface area contributed by atoms with Crippen LogP contribution in [0.5, 0.6) is 0 Å². The highest BCUT2D eigenvalue weighted by atomic mass is 35.5. The van der Waals surface area contributed by atoms with Crippen molar-refractivity contribution in [1.82, 2.24) is 15.1 Å². The number of aliphatic hydroxyl groups is 1. The summed E-state index contributed by atoms with van der Waals surface area (Å²) >= 11 is 6.22. The third-order valence-corrected chi connectivity index (χ3v) is 5.75. The molecule has 0 spiro atoms. The van der Waals surface area contributed by atoms with Gasteiger partial charge in [0.15, 0.2) is 0 Å². The summed E-state index contributed by atoms with van der Waals surface area (Å²) in [5.41, 5.74) is 1.29. The number of aromatic amines is 1. The molecule has 1 aromatic heterocycles. The maximum absolute atomic E-state index is 11.5. The van der Waals surface area contributed by atoms with E-state index in [9.17, 15) is 9.90 Å². The van der Waals surface area contributed by atoms with Crippen molar-refractivity contribution in [2.75, 3.05) is 13.1 Å². The molecule has 0 unspecified atom stereocenters. The zero-order chi connectivity index (χ0) is 17.5. The zero-order valence-corrected chi connectivity index (χ0v) is 15.1. The third kappa shape index (κ3) is 3.03. The molecule has 1 atom stereocenters. The number of nitrogens with zero attached hydrogens (tertiary/aromatic N) is 2. The number of piperidine rings is 1. The molecule has 0 aliphatic carbocycles. The van der Waals surface area contributed by atoms with Crippen LogP contribution in [0.4, 0.5) is 0 Å². The second-order valence-corrected chi connectivity index (χ2v) is 7.77. The molecule has 0 bridgehead atoms. The molecule has 1 saturated heterocycles. The average molecular weight is 350 g/mol. The molecule has 2 N–H and O–H groups in total. The summed E-state index contributed by atoms with van der Waals surface area (Å²) in [6, 6.07) is 3.66. The fourth-order valence-corrected chi connectivity index (χ4v) is 4.06. The Morgan fingerprint density at radius 1 is 1.42 bits per heavy atom. The van der Waals surface area contributed by atoms with Crippen molar-refractivity contribution in [2.24, 2.45) is 11.3 Å². The molecular formula is C18H24ClN3O2. The highest BCUT2D eigenvalue weighted by Crippen LogP contribution is 2.46. The SMILES string of the molecule is CC(=O)N1CCC(C(C)(C)[C@@H](O)c2cc(Cl)cc3cn[nH]c23)CC1. The Morgan fingerprint density at radius 3 is 2.71 bits per heavy atom. The number of nitrogens with one attached hydrogen (secondary N) is 1. The first-order chi connectivity index (χ1) is 11.3. The minimum atomic E-state index is -0.659. The lowest BCUT2D eigenvalue weighted by Crippen LogP contribution is -2.42. The highest BCUT2D eigenvalue weighted by molar-refractivity contribution is 6.31. The van der Waals surface area contributed by atoms with E-state index in [1.165, 1.54) is 0 Å². The van der Waals surface area contributed by atoms with Crippen LogP contribution in [0.2, 0.25) is 5.02 Å². The van der Waals surface area contributed by atoms with E-state index in [-0.39, 0.29) is 11.3 Å². The Hall–Kier alpha value is -1.59. The van der Waals surface area contributed by atoms with Crippen LogP contribution < -0.4 is 0 Å². The first kappa shape index (κ1) is 17.2. The summed E-state index contributed by atoms with van der Waals surface area (Å²) in [6.07, 6.45) is 2.86. The van der Waals surface area contributed by atoms with E-state index in [2.05, 4.69) is 24.0 Å². The van der Waals surface area contributed by atoms with Gasteiger partial charge in [-0.3, -0.25) is 9.89 Å². The monoisotopic (exact) mass is 349 g/mol. The first-order valence-electron chi connectivity index (χ1n) is 8.37. The molecule has 1 amide bonds. The van der Waals surface area contributed by atoms with Gasteiger partial charge < -0.3 is 10.0 Å². The summed E-state index contributed by atoms with van der Waals surface area (Å²) in [5.74, 6) is 0.459. The van der Waals surface area contributed by atoms with Gasteiger partial charge >= 0.3 is 0 Å². The van der Waals surface area contributed by atoms with Crippen LogP contribution in [-0.4, -0.2) is 39.2 Å². The number of aromatic nitrogens is 2. The number of H-pyrrole nitrogens is 1. The van der Waals surface area contributed by atoms with Crippen LogP contribution in [0.25, 0.3) is 10.9 Å². The highest BCUT2D eigenvalue weighted by Gasteiger charge is 2.40. The van der Waals surface area contributed by atoms with Gasteiger partial charge in [0.2, 0.25) is 5.91 Å². The normalized spacial score (nSPS) is 18.1. The number of fused-ring (bicyclic) bond motifs is 1. The number of rotatable bonds is 3. The number of benzene rings is 1. The molecule has 1 aliphatic heterocycles. The molecule has 1 aliphatic rings. The summed E-state index contributed by atoms with van der Waals surface area (Å²) in [6.45, 7) is 7.31. The Kier molecular flexibility index (Phi) is 4.58. The molecule has 5 nitrogen and oxygen atoms in total. The summed E-state index contributed by atoms with van der Waals surface area (Å²) in [4.78, 5) is 13.4.